The first kappa shape index (κ1) is 16.9. The van der Waals surface area contributed by atoms with Crippen molar-refractivity contribution in [3.8, 4) is 11.5 Å². The van der Waals surface area contributed by atoms with Gasteiger partial charge in [-0.1, -0.05) is 0 Å². The van der Waals surface area contributed by atoms with Crippen molar-refractivity contribution in [2.75, 3.05) is 20.8 Å². The van der Waals surface area contributed by atoms with Crippen LogP contribution in [0.5, 0.6) is 11.5 Å². The summed E-state index contributed by atoms with van der Waals surface area (Å²) in [5.74, 6) is 1.67. The lowest BCUT2D eigenvalue weighted by Gasteiger charge is -2.26. The Balaban J connectivity index is 1.58. The third-order valence-electron chi connectivity index (χ3n) is 4.23. The topological polar surface area (TPSA) is 86.6 Å². The molecule has 132 valence electrons. The Morgan fingerprint density at radius 2 is 1.92 bits per heavy atom. The normalized spacial score (nSPS) is 13.3. The molecule has 1 aliphatic rings. The molecule has 8 heteroatoms. The number of nitrogens with zero attached hydrogens (tertiary/aromatic N) is 4. The number of ketones is 1. The molecule has 1 aliphatic heterocycles. The van der Waals surface area contributed by atoms with Crippen LogP contribution in [0.3, 0.4) is 0 Å². The van der Waals surface area contributed by atoms with Gasteiger partial charge in [0.2, 0.25) is 5.91 Å². The first-order valence-electron chi connectivity index (χ1n) is 8.02. The number of carbonyl (C=O) groups is 2. The molecule has 0 N–H and O–H groups in total. The van der Waals surface area contributed by atoms with E-state index in [1.165, 1.54) is 20.5 Å². The lowest BCUT2D eigenvalue weighted by atomic mass is 10.1. The monoisotopic (exact) mass is 344 g/mol. The van der Waals surface area contributed by atoms with E-state index in [0.29, 0.717) is 36.7 Å². The van der Waals surface area contributed by atoms with Gasteiger partial charge in [0, 0.05) is 24.9 Å². The van der Waals surface area contributed by atoms with Gasteiger partial charge in [0.1, 0.15) is 12.2 Å². The molecule has 0 atom stereocenters. The minimum Gasteiger partial charge on any atom is -0.493 e. The first-order chi connectivity index (χ1) is 12.1. The van der Waals surface area contributed by atoms with Crippen molar-refractivity contribution in [3.63, 3.8) is 0 Å². The van der Waals surface area contributed by atoms with Crippen LogP contribution in [-0.2, 0) is 17.9 Å². The van der Waals surface area contributed by atoms with Gasteiger partial charge in [0.25, 0.3) is 0 Å². The first-order valence-corrected chi connectivity index (χ1v) is 8.02. The summed E-state index contributed by atoms with van der Waals surface area (Å²) in [5.41, 5.74) is 0.504. The van der Waals surface area contributed by atoms with Crippen LogP contribution in [0.4, 0.5) is 0 Å². The van der Waals surface area contributed by atoms with Crippen LogP contribution in [0.25, 0.3) is 0 Å². The highest BCUT2D eigenvalue weighted by Crippen LogP contribution is 2.28. The Bertz CT molecular complexity index is 787. The minimum absolute atomic E-state index is 0.0527. The van der Waals surface area contributed by atoms with Gasteiger partial charge >= 0.3 is 0 Å². The number of carbonyl (C=O) groups excluding carboxylic acids is 2. The quantitative estimate of drug-likeness (QED) is 0.734. The van der Waals surface area contributed by atoms with E-state index in [2.05, 4.69) is 10.1 Å². The average molecular weight is 344 g/mol. The summed E-state index contributed by atoms with van der Waals surface area (Å²) in [5, 5.41) is 4.09. The van der Waals surface area contributed by atoms with Crippen LogP contribution in [0.1, 0.15) is 29.0 Å². The van der Waals surface area contributed by atoms with Gasteiger partial charge in [-0.25, -0.2) is 9.67 Å². The van der Waals surface area contributed by atoms with Crippen LogP contribution in [0.15, 0.2) is 24.5 Å². The fourth-order valence-corrected chi connectivity index (χ4v) is 2.81. The third kappa shape index (κ3) is 3.62. The highest BCUT2D eigenvalue weighted by molar-refractivity contribution is 5.98. The van der Waals surface area contributed by atoms with E-state index < -0.39 is 0 Å². The summed E-state index contributed by atoms with van der Waals surface area (Å²) in [6.45, 7) is 1.65. The molecule has 2 aromatic rings. The Morgan fingerprint density at radius 3 is 2.68 bits per heavy atom. The minimum atomic E-state index is -0.102. The molecular formula is C17H20N4O4. The number of ether oxygens (including phenoxy) is 2. The number of methoxy groups -OCH3 is 2. The number of benzene rings is 1. The molecule has 0 unspecified atom stereocenters. The van der Waals surface area contributed by atoms with Crippen molar-refractivity contribution in [2.24, 2.45) is 0 Å². The van der Waals surface area contributed by atoms with Gasteiger partial charge < -0.3 is 14.4 Å². The number of hydrogen-bond acceptors (Lipinski definition) is 6. The SMILES string of the molecule is COc1ccc(C(=O)CCC(=O)N2CCn3ncnc3C2)cc1OC. The summed E-state index contributed by atoms with van der Waals surface area (Å²) in [4.78, 5) is 30.6. The molecule has 0 spiro atoms. The molecule has 3 rings (SSSR count). The van der Waals surface area contributed by atoms with E-state index in [0.717, 1.165) is 5.82 Å². The fourth-order valence-electron chi connectivity index (χ4n) is 2.81. The van der Waals surface area contributed by atoms with Gasteiger partial charge in [0.05, 0.1) is 27.3 Å². The standard InChI is InChI=1S/C17H20N4O4/c1-24-14-5-3-12(9-15(14)25-2)13(22)4-6-17(23)20-7-8-21-16(10-20)18-11-19-21/h3,5,9,11H,4,6-8,10H2,1-2H3. The second-order valence-electron chi connectivity index (χ2n) is 5.71. The van der Waals surface area contributed by atoms with Gasteiger partial charge in [-0.2, -0.15) is 5.10 Å². The zero-order chi connectivity index (χ0) is 17.8. The molecule has 1 aromatic carbocycles. The second kappa shape index (κ2) is 7.33. The molecule has 0 bridgehead atoms. The van der Waals surface area contributed by atoms with Crippen LogP contribution >= 0.6 is 0 Å². The summed E-state index contributed by atoms with van der Waals surface area (Å²) < 4.78 is 12.2. The number of hydrogen-bond donors (Lipinski definition) is 0. The summed E-state index contributed by atoms with van der Waals surface area (Å²) in [6.07, 6.45) is 1.81. The van der Waals surface area contributed by atoms with E-state index >= 15 is 0 Å². The van der Waals surface area contributed by atoms with Crippen molar-refractivity contribution in [2.45, 2.75) is 25.9 Å². The molecular weight excluding hydrogens is 324 g/mol. The molecule has 0 radical (unpaired) electrons. The second-order valence-corrected chi connectivity index (χ2v) is 5.71. The number of fused-ring (bicyclic) bond motifs is 1. The Kier molecular flexibility index (Phi) is 4.97. The van der Waals surface area contributed by atoms with E-state index in [1.54, 1.807) is 27.8 Å². The van der Waals surface area contributed by atoms with Crippen LogP contribution < -0.4 is 9.47 Å². The van der Waals surface area contributed by atoms with Crippen molar-refractivity contribution in [1.82, 2.24) is 19.7 Å². The molecule has 8 nitrogen and oxygen atoms in total. The van der Waals surface area contributed by atoms with Gasteiger partial charge in [-0.3, -0.25) is 9.59 Å². The number of rotatable bonds is 6. The van der Waals surface area contributed by atoms with Crippen molar-refractivity contribution in [3.05, 3.63) is 35.9 Å². The van der Waals surface area contributed by atoms with Crippen molar-refractivity contribution < 1.29 is 19.1 Å². The van der Waals surface area contributed by atoms with E-state index in [4.69, 9.17) is 9.47 Å². The van der Waals surface area contributed by atoms with Crippen molar-refractivity contribution in [1.29, 1.82) is 0 Å². The summed E-state index contributed by atoms with van der Waals surface area (Å²) >= 11 is 0. The maximum Gasteiger partial charge on any atom is 0.223 e. The van der Waals surface area contributed by atoms with Gasteiger partial charge in [-0.15, -0.1) is 0 Å². The molecule has 0 saturated heterocycles. The Morgan fingerprint density at radius 1 is 1.12 bits per heavy atom. The molecule has 0 aliphatic carbocycles. The molecule has 0 saturated carbocycles. The molecule has 25 heavy (non-hydrogen) atoms. The Labute approximate surface area is 145 Å². The van der Waals surface area contributed by atoms with Crippen LogP contribution in [-0.4, -0.2) is 52.1 Å². The number of Topliss-reactive ketones (excluding diaryl/α,β-unsaturated/α-hetero) is 1. The zero-order valence-electron chi connectivity index (χ0n) is 14.3. The third-order valence-corrected chi connectivity index (χ3v) is 4.23. The molecule has 2 heterocycles. The highest BCUT2D eigenvalue weighted by Gasteiger charge is 2.22. The molecule has 1 aromatic heterocycles. The lowest BCUT2D eigenvalue weighted by Crippen LogP contribution is -2.38. The van der Waals surface area contributed by atoms with Crippen molar-refractivity contribution >= 4 is 11.7 Å². The van der Waals surface area contributed by atoms with Gasteiger partial charge in [-0.05, 0) is 18.2 Å². The van der Waals surface area contributed by atoms with E-state index in [1.807, 2.05) is 0 Å². The largest absolute Gasteiger partial charge is 0.493 e. The average Bonchev–Trinajstić information content (AvgIpc) is 3.12. The maximum absolute atomic E-state index is 12.4. The summed E-state index contributed by atoms with van der Waals surface area (Å²) in [7, 11) is 3.06. The summed E-state index contributed by atoms with van der Waals surface area (Å²) in [6, 6.07) is 5.00. The lowest BCUT2D eigenvalue weighted by molar-refractivity contribution is -0.132. The zero-order valence-corrected chi connectivity index (χ0v) is 14.3. The predicted molar refractivity (Wildman–Crippen MR) is 88.5 cm³/mol. The van der Waals surface area contributed by atoms with Crippen LogP contribution in [0, 0.1) is 0 Å². The fraction of sp³-hybridized carbons (Fsp3) is 0.412. The molecule has 1 amide bonds. The predicted octanol–water partition coefficient (Wildman–Crippen LogP) is 1.30. The van der Waals surface area contributed by atoms with E-state index in [9.17, 15) is 9.59 Å². The maximum atomic E-state index is 12.4. The Hall–Kier alpha value is -2.90. The van der Waals surface area contributed by atoms with Crippen LogP contribution in [0.2, 0.25) is 0 Å². The number of amides is 1. The highest BCUT2D eigenvalue weighted by atomic mass is 16.5. The smallest absolute Gasteiger partial charge is 0.223 e. The number of aromatic nitrogens is 3. The molecule has 0 fully saturated rings. The van der Waals surface area contributed by atoms with E-state index in [-0.39, 0.29) is 24.5 Å². The van der Waals surface area contributed by atoms with Gasteiger partial charge in [0.15, 0.2) is 17.3 Å².